The van der Waals surface area contributed by atoms with Crippen LogP contribution in [0.2, 0.25) is 0 Å². The molecule has 0 amide bonds. The van der Waals surface area contributed by atoms with Crippen LogP contribution in [0.4, 0.5) is 4.39 Å². The van der Waals surface area contributed by atoms with Gasteiger partial charge in [-0.05, 0) is 66.2 Å². The van der Waals surface area contributed by atoms with Crippen LogP contribution in [0.1, 0.15) is 67.2 Å². The number of allylic oxidation sites excluding steroid dienone is 2. The topological polar surface area (TPSA) is 85.2 Å². The quantitative estimate of drug-likeness (QED) is 0.600. The summed E-state index contributed by atoms with van der Waals surface area (Å²) in [5.41, 5.74) is -4.18. The minimum Gasteiger partial charge on any atom is -0.390 e. The Labute approximate surface area is 201 Å². The Morgan fingerprint density at radius 2 is 1.94 bits per heavy atom. The molecular weight excluding hydrogens is 439 g/mol. The summed E-state index contributed by atoms with van der Waals surface area (Å²) < 4.78 is 35.8. The monoisotopic (exact) mass is 478 g/mol. The van der Waals surface area contributed by atoms with Crippen molar-refractivity contribution in [2.45, 2.75) is 109 Å². The Hall–Kier alpha value is -1.12. The Morgan fingerprint density at radius 1 is 1.24 bits per heavy atom. The van der Waals surface area contributed by atoms with Gasteiger partial charge in [0.25, 0.3) is 0 Å². The van der Waals surface area contributed by atoms with E-state index in [0.717, 1.165) is 5.57 Å². The molecule has 3 saturated carbocycles. The molecule has 2 N–H and O–H groups in total. The van der Waals surface area contributed by atoms with Crippen molar-refractivity contribution in [2.75, 3.05) is 6.61 Å². The molecule has 5 rings (SSSR count). The van der Waals surface area contributed by atoms with Crippen LogP contribution in [0.25, 0.3) is 0 Å². The lowest BCUT2D eigenvalue weighted by atomic mass is 9.44. The molecule has 7 heteroatoms. The summed E-state index contributed by atoms with van der Waals surface area (Å²) in [7, 11) is 0. The molecule has 0 bridgehead atoms. The molecule has 4 fully saturated rings. The van der Waals surface area contributed by atoms with E-state index in [1.165, 1.54) is 0 Å². The lowest BCUT2D eigenvalue weighted by Crippen LogP contribution is -2.70. The van der Waals surface area contributed by atoms with Crippen molar-refractivity contribution in [1.29, 1.82) is 0 Å². The van der Waals surface area contributed by atoms with Crippen molar-refractivity contribution in [3.8, 4) is 0 Å². The first kappa shape index (κ1) is 24.6. The number of aliphatic hydroxyl groups is 2. The van der Waals surface area contributed by atoms with Gasteiger partial charge in [0.1, 0.15) is 6.61 Å². The summed E-state index contributed by atoms with van der Waals surface area (Å²) in [5.74, 6) is -1.83. The van der Waals surface area contributed by atoms with Crippen LogP contribution in [-0.2, 0) is 19.0 Å². The number of hydrogen-bond acceptors (Lipinski definition) is 6. The van der Waals surface area contributed by atoms with Crippen LogP contribution < -0.4 is 0 Å². The van der Waals surface area contributed by atoms with Gasteiger partial charge in [0, 0.05) is 16.7 Å². The third-order valence-electron chi connectivity index (χ3n) is 9.70. The molecule has 4 aliphatic carbocycles. The number of ketones is 1. The third kappa shape index (κ3) is 2.94. The van der Waals surface area contributed by atoms with Gasteiger partial charge in [-0.2, -0.15) is 0 Å². The molecule has 5 aliphatic rings. The van der Waals surface area contributed by atoms with Gasteiger partial charge in [-0.15, -0.1) is 0 Å². The zero-order valence-electron chi connectivity index (χ0n) is 21.1. The summed E-state index contributed by atoms with van der Waals surface area (Å²) in [4.78, 5) is 13.8. The highest BCUT2D eigenvalue weighted by atomic mass is 19.1. The van der Waals surface area contributed by atoms with Crippen LogP contribution in [0, 0.1) is 22.7 Å². The predicted octanol–water partition coefficient (Wildman–Crippen LogP) is 3.64. The summed E-state index contributed by atoms with van der Waals surface area (Å²) in [6, 6.07) is 0. The fraction of sp³-hybridized carbons (Fsp3) is 0.815. The molecule has 6 nitrogen and oxygen atoms in total. The van der Waals surface area contributed by atoms with Gasteiger partial charge in [0.15, 0.2) is 22.8 Å². The molecule has 190 valence electrons. The zero-order chi connectivity index (χ0) is 24.9. The highest BCUT2D eigenvalue weighted by molar-refractivity contribution is 5.91. The summed E-state index contributed by atoms with van der Waals surface area (Å²) in [5, 5.41) is 21.7. The maximum Gasteiger partial charge on any atom is 0.193 e. The van der Waals surface area contributed by atoms with Gasteiger partial charge in [-0.1, -0.05) is 30.7 Å². The van der Waals surface area contributed by atoms with Gasteiger partial charge in [0.05, 0.1) is 24.4 Å². The molecule has 34 heavy (non-hydrogen) atoms. The molecule has 0 aromatic heterocycles. The smallest absolute Gasteiger partial charge is 0.193 e. The van der Waals surface area contributed by atoms with E-state index in [-0.39, 0.29) is 30.8 Å². The van der Waals surface area contributed by atoms with Crippen molar-refractivity contribution in [2.24, 2.45) is 22.7 Å². The van der Waals surface area contributed by atoms with E-state index in [1.807, 2.05) is 27.7 Å². The van der Waals surface area contributed by atoms with Crippen molar-refractivity contribution in [3.63, 3.8) is 0 Å². The second-order valence-electron chi connectivity index (χ2n) is 12.3. The van der Waals surface area contributed by atoms with Gasteiger partial charge < -0.3 is 24.4 Å². The normalized spacial score (nSPS) is 50.9. The number of fused-ring (bicyclic) bond motifs is 7. The van der Waals surface area contributed by atoms with Gasteiger partial charge in [0.2, 0.25) is 0 Å². The maximum atomic E-state index is 17.4. The van der Waals surface area contributed by atoms with Gasteiger partial charge in [-0.25, -0.2) is 4.39 Å². The Bertz CT molecular complexity index is 943. The van der Waals surface area contributed by atoms with Gasteiger partial charge >= 0.3 is 0 Å². The van der Waals surface area contributed by atoms with E-state index >= 15 is 4.39 Å². The second kappa shape index (κ2) is 7.45. The number of carbonyl (C=O) groups is 1. The van der Waals surface area contributed by atoms with Crippen molar-refractivity contribution in [1.82, 2.24) is 0 Å². The standard InChI is InChI=1S/C27H39FO6/c1-15(2)32-14-21(31)27-22(33-23(3,4)34-27)12-19-18-8-7-16-11-17(29)9-10-24(16,5)26(18,28)20(30)13-25(19,27)6/h9-11,15,17-20,22,29-30H,7-8,12-14H2,1-6H3/t17?,18-,19-,20-,22+,24-,25-,26-,27+/m0/s1. The Kier molecular flexibility index (Phi) is 5.38. The third-order valence-corrected chi connectivity index (χ3v) is 9.70. The van der Waals surface area contributed by atoms with E-state index in [4.69, 9.17) is 14.2 Å². The van der Waals surface area contributed by atoms with E-state index in [0.29, 0.717) is 19.3 Å². The molecule has 1 aliphatic heterocycles. The van der Waals surface area contributed by atoms with E-state index in [9.17, 15) is 15.0 Å². The molecular formula is C27H39FO6. The minimum absolute atomic E-state index is 0.0906. The zero-order valence-corrected chi connectivity index (χ0v) is 21.1. The predicted molar refractivity (Wildman–Crippen MR) is 124 cm³/mol. The van der Waals surface area contributed by atoms with Crippen LogP contribution in [-0.4, -0.2) is 64.1 Å². The van der Waals surface area contributed by atoms with Crippen molar-refractivity contribution < 1.29 is 33.6 Å². The number of aliphatic hydroxyl groups excluding tert-OH is 2. The van der Waals surface area contributed by atoms with E-state index in [1.54, 1.807) is 32.1 Å². The molecule has 0 spiro atoms. The van der Waals surface area contributed by atoms with Crippen LogP contribution >= 0.6 is 0 Å². The second-order valence-corrected chi connectivity index (χ2v) is 12.3. The lowest BCUT2D eigenvalue weighted by Gasteiger charge is -2.63. The summed E-state index contributed by atoms with van der Waals surface area (Å²) >= 11 is 0. The minimum atomic E-state index is -1.91. The fourth-order valence-electron chi connectivity index (χ4n) is 8.28. The highest BCUT2D eigenvalue weighted by Gasteiger charge is 2.80. The van der Waals surface area contributed by atoms with E-state index in [2.05, 4.69) is 0 Å². The Balaban J connectivity index is 1.58. The van der Waals surface area contributed by atoms with E-state index < -0.39 is 52.1 Å². The summed E-state index contributed by atoms with van der Waals surface area (Å²) in [6.07, 6.45) is 4.18. The molecule has 1 saturated heterocycles. The largest absolute Gasteiger partial charge is 0.390 e. The number of ether oxygens (including phenoxy) is 3. The first-order valence-electron chi connectivity index (χ1n) is 12.7. The number of hydrogen-bond donors (Lipinski definition) is 2. The van der Waals surface area contributed by atoms with Crippen LogP contribution in [0.15, 0.2) is 23.8 Å². The number of carbonyl (C=O) groups excluding carboxylic acids is 1. The average Bonchev–Trinajstić information content (AvgIpc) is 3.14. The van der Waals surface area contributed by atoms with Crippen LogP contribution in [0.3, 0.4) is 0 Å². The first-order chi connectivity index (χ1) is 15.7. The maximum absolute atomic E-state index is 17.4. The average molecular weight is 479 g/mol. The van der Waals surface area contributed by atoms with Gasteiger partial charge in [-0.3, -0.25) is 4.79 Å². The number of halogens is 1. The summed E-state index contributed by atoms with van der Waals surface area (Å²) in [6.45, 7) is 11.1. The molecule has 9 atom stereocenters. The molecule has 0 radical (unpaired) electrons. The molecule has 1 unspecified atom stereocenters. The highest BCUT2D eigenvalue weighted by Crippen LogP contribution is 2.72. The number of alkyl halides is 1. The fourth-order valence-corrected chi connectivity index (χ4v) is 8.28. The SMILES string of the molecule is CC(C)OCC(=O)[C@@]12OC(C)(C)O[C@@H]1C[C@H]1[C@@H]3CCC4=CC(O)C=C[C@]4(C)[C@@]3(F)[C@@H](O)C[C@@]12C. The molecule has 0 aromatic carbocycles. The first-order valence-corrected chi connectivity index (χ1v) is 12.7. The van der Waals surface area contributed by atoms with Crippen molar-refractivity contribution >= 4 is 5.78 Å². The number of Topliss-reactive ketones (excluding diaryl/α,β-unsaturated/α-hetero) is 1. The molecule has 1 heterocycles. The lowest BCUT2D eigenvalue weighted by molar-refractivity contribution is -0.246. The van der Waals surface area contributed by atoms with Crippen molar-refractivity contribution in [3.05, 3.63) is 23.8 Å². The molecule has 0 aromatic rings. The number of rotatable bonds is 4. The van der Waals surface area contributed by atoms with Crippen LogP contribution in [0.5, 0.6) is 0 Å². The Morgan fingerprint density at radius 3 is 2.62 bits per heavy atom.